The van der Waals surface area contributed by atoms with E-state index in [0.717, 1.165) is 21.9 Å². The Labute approximate surface area is 133 Å². The van der Waals surface area contributed by atoms with E-state index < -0.39 is 6.03 Å². The molecular formula is C17H16FN3O2. The van der Waals surface area contributed by atoms with Gasteiger partial charge in [0, 0.05) is 18.4 Å². The number of likely N-dealkylation sites (N-methyl/N-ethyl adjacent to an activating group) is 1. The Hall–Kier alpha value is -2.89. The lowest BCUT2D eigenvalue weighted by Gasteiger charge is -2.10. The molecule has 0 saturated carbocycles. The first kappa shape index (κ1) is 15.0. The van der Waals surface area contributed by atoms with Gasteiger partial charge in [0.1, 0.15) is 11.5 Å². The molecule has 0 bridgehead atoms. The van der Waals surface area contributed by atoms with Crippen LogP contribution in [-0.2, 0) is 4.79 Å². The number of carbonyl (C=O) groups excluding carboxylic acids is 2. The van der Waals surface area contributed by atoms with Crippen LogP contribution in [0.2, 0.25) is 0 Å². The Morgan fingerprint density at radius 1 is 1.17 bits per heavy atom. The zero-order valence-corrected chi connectivity index (χ0v) is 13.1. The first-order valence-corrected chi connectivity index (χ1v) is 7.14. The third-order valence-corrected chi connectivity index (χ3v) is 3.94. The van der Waals surface area contributed by atoms with Crippen molar-refractivity contribution in [3.63, 3.8) is 0 Å². The number of rotatable bonds is 2. The molecule has 6 heteroatoms. The van der Waals surface area contributed by atoms with Crippen LogP contribution < -0.4 is 5.32 Å². The molecule has 1 aliphatic heterocycles. The molecule has 1 fully saturated rings. The highest BCUT2D eigenvalue weighted by Crippen LogP contribution is 2.25. The zero-order chi connectivity index (χ0) is 16.7. The molecule has 118 valence electrons. The first-order valence-electron chi connectivity index (χ1n) is 7.14. The standard InChI is InChI=1S/C17H16FN3O2/c1-10-8-12(9-14-16(22)20(3)17(23)19-14)11(2)21(10)15-7-5-4-6-13(15)18/h4-9H,1-3H3,(H,19,23)/b14-9+. The summed E-state index contributed by atoms with van der Waals surface area (Å²) in [6, 6.07) is 7.91. The molecular weight excluding hydrogens is 297 g/mol. The Kier molecular flexibility index (Phi) is 3.52. The summed E-state index contributed by atoms with van der Waals surface area (Å²) in [5, 5.41) is 2.52. The van der Waals surface area contributed by atoms with E-state index in [1.165, 1.54) is 13.1 Å². The monoisotopic (exact) mass is 313 g/mol. The number of nitrogens with one attached hydrogen (secondary N) is 1. The summed E-state index contributed by atoms with van der Waals surface area (Å²) in [6.07, 6.45) is 1.61. The summed E-state index contributed by atoms with van der Waals surface area (Å²) in [7, 11) is 1.42. The van der Waals surface area contributed by atoms with Crippen LogP contribution in [0.3, 0.4) is 0 Å². The molecule has 1 aromatic heterocycles. The number of para-hydroxylation sites is 1. The van der Waals surface area contributed by atoms with Crippen LogP contribution >= 0.6 is 0 Å². The Morgan fingerprint density at radius 3 is 2.48 bits per heavy atom. The van der Waals surface area contributed by atoms with Crippen LogP contribution in [0.25, 0.3) is 11.8 Å². The average molecular weight is 313 g/mol. The number of aryl methyl sites for hydroxylation is 1. The molecule has 1 aliphatic rings. The van der Waals surface area contributed by atoms with Crippen LogP contribution in [0.1, 0.15) is 17.0 Å². The summed E-state index contributed by atoms with van der Waals surface area (Å²) in [6.45, 7) is 3.71. The maximum Gasteiger partial charge on any atom is 0.328 e. The van der Waals surface area contributed by atoms with E-state index in [0.29, 0.717) is 5.69 Å². The minimum Gasteiger partial charge on any atom is -0.315 e. The molecule has 0 radical (unpaired) electrons. The molecule has 0 spiro atoms. The second-order valence-corrected chi connectivity index (χ2v) is 5.47. The molecule has 23 heavy (non-hydrogen) atoms. The Balaban J connectivity index is 2.08. The second-order valence-electron chi connectivity index (χ2n) is 5.47. The lowest BCUT2D eigenvalue weighted by atomic mass is 10.2. The predicted molar refractivity (Wildman–Crippen MR) is 84.5 cm³/mol. The average Bonchev–Trinajstić information content (AvgIpc) is 2.92. The van der Waals surface area contributed by atoms with Gasteiger partial charge in [-0.2, -0.15) is 0 Å². The molecule has 0 atom stereocenters. The number of hydrogen-bond donors (Lipinski definition) is 1. The summed E-state index contributed by atoms with van der Waals surface area (Å²) in [5.74, 6) is -0.704. The van der Waals surface area contributed by atoms with Gasteiger partial charge in [-0.05, 0) is 43.7 Å². The smallest absolute Gasteiger partial charge is 0.315 e. The Morgan fingerprint density at radius 2 is 1.87 bits per heavy atom. The highest BCUT2D eigenvalue weighted by Gasteiger charge is 2.30. The molecule has 1 N–H and O–H groups in total. The molecule has 2 heterocycles. The van der Waals surface area contributed by atoms with Gasteiger partial charge in [0.25, 0.3) is 5.91 Å². The van der Waals surface area contributed by atoms with E-state index in [-0.39, 0.29) is 17.4 Å². The van der Waals surface area contributed by atoms with E-state index in [2.05, 4.69) is 5.32 Å². The maximum atomic E-state index is 14.1. The van der Waals surface area contributed by atoms with Gasteiger partial charge < -0.3 is 9.88 Å². The highest BCUT2D eigenvalue weighted by molar-refractivity contribution is 6.13. The maximum absolute atomic E-state index is 14.1. The number of halogens is 1. The SMILES string of the molecule is Cc1cc(/C=C2/NC(=O)N(C)C2=O)c(C)n1-c1ccccc1F. The van der Waals surface area contributed by atoms with Gasteiger partial charge in [-0.3, -0.25) is 9.69 Å². The number of benzene rings is 1. The fourth-order valence-electron chi connectivity index (χ4n) is 2.72. The van der Waals surface area contributed by atoms with Gasteiger partial charge in [0.05, 0.1) is 5.69 Å². The summed E-state index contributed by atoms with van der Waals surface area (Å²) >= 11 is 0. The summed E-state index contributed by atoms with van der Waals surface area (Å²) in [5.41, 5.74) is 3.04. The van der Waals surface area contributed by atoms with Crippen molar-refractivity contribution in [2.45, 2.75) is 13.8 Å². The van der Waals surface area contributed by atoms with Crippen LogP contribution in [0, 0.1) is 19.7 Å². The summed E-state index contributed by atoms with van der Waals surface area (Å²) < 4.78 is 15.8. The number of imide groups is 1. The summed E-state index contributed by atoms with van der Waals surface area (Å²) in [4.78, 5) is 24.5. The number of nitrogens with zero attached hydrogens (tertiary/aromatic N) is 2. The van der Waals surface area contributed by atoms with Crippen molar-refractivity contribution in [3.05, 3.63) is 58.8 Å². The normalized spacial score (nSPS) is 16.3. The van der Waals surface area contributed by atoms with E-state index in [1.54, 1.807) is 28.8 Å². The fourth-order valence-corrected chi connectivity index (χ4v) is 2.72. The lowest BCUT2D eigenvalue weighted by molar-refractivity contribution is -0.121. The van der Waals surface area contributed by atoms with Crippen LogP contribution in [0.5, 0.6) is 0 Å². The fraction of sp³-hybridized carbons (Fsp3) is 0.176. The largest absolute Gasteiger partial charge is 0.328 e. The molecule has 1 saturated heterocycles. The molecule has 5 nitrogen and oxygen atoms in total. The van der Waals surface area contributed by atoms with E-state index >= 15 is 0 Å². The van der Waals surface area contributed by atoms with Crippen molar-refractivity contribution in [2.24, 2.45) is 0 Å². The van der Waals surface area contributed by atoms with Gasteiger partial charge in [-0.15, -0.1) is 0 Å². The minimum atomic E-state index is -0.454. The van der Waals surface area contributed by atoms with Crippen LogP contribution in [0.15, 0.2) is 36.0 Å². The first-order chi connectivity index (χ1) is 10.9. The van der Waals surface area contributed by atoms with Crippen molar-refractivity contribution in [1.29, 1.82) is 0 Å². The topological polar surface area (TPSA) is 54.3 Å². The van der Waals surface area contributed by atoms with Gasteiger partial charge in [-0.25, -0.2) is 9.18 Å². The quantitative estimate of drug-likeness (QED) is 0.684. The molecule has 0 unspecified atom stereocenters. The molecule has 1 aromatic carbocycles. The van der Waals surface area contributed by atoms with E-state index in [4.69, 9.17) is 0 Å². The second kappa shape index (κ2) is 5.39. The number of hydrogen-bond acceptors (Lipinski definition) is 2. The van der Waals surface area contributed by atoms with Crippen molar-refractivity contribution >= 4 is 18.0 Å². The van der Waals surface area contributed by atoms with Gasteiger partial charge in [0.15, 0.2) is 0 Å². The molecule has 0 aliphatic carbocycles. The van der Waals surface area contributed by atoms with Crippen molar-refractivity contribution in [3.8, 4) is 5.69 Å². The van der Waals surface area contributed by atoms with E-state index in [1.807, 2.05) is 19.9 Å². The molecule has 2 aromatic rings. The molecule has 3 rings (SSSR count). The Bertz CT molecular complexity index is 852. The highest BCUT2D eigenvalue weighted by atomic mass is 19.1. The third kappa shape index (κ3) is 2.42. The van der Waals surface area contributed by atoms with Crippen molar-refractivity contribution < 1.29 is 14.0 Å². The lowest BCUT2D eigenvalue weighted by Crippen LogP contribution is -2.25. The van der Waals surface area contributed by atoms with E-state index in [9.17, 15) is 14.0 Å². The van der Waals surface area contributed by atoms with Crippen LogP contribution in [-0.4, -0.2) is 28.5 Å². The zero-order valence-electron chi connectivity index (χ0n) is 13.1. The van der Waals surface area contributed by atoms with Gasteiger partial charge >= 0.3 is 6.03 Å². The number of aromatic nitrogens is 1. The number of amides is 3. The van der Waals surface area contributed by atoms with Crippen molar-refractivity contribution in [1.82, 2.24) is 14.8 Å². The van der Waals surface area contributed by atoms with Crippen LogP contribution in [0.4, 0.5) is 9.18 Å². The van der Waals surface area contributed by atoms with Gasteiger partial charge in [0.2, 0.25) is 0 Å². The third-order valence-electron chi connectivity index (χ3n) is 3.94. The van der Waals surface area contributed by atoms with Gasteiger partial charge in [-0.1, -0.05) is 12.1 Å². The number of carbonyl (C=O) groups is 2. The molecule has 3 amide bonds. The van der Waals surface area contributed by atoms with Crippen molar-refractivity contribution in [2.75, 3.05) is 7.05 Å². The number of urea groups is 1. The minimum absolute atomic E-state index is 0.214. The predicted octanol–water partition coefficient (Wildman–Crippen LogP) is 2.76.